The van der Waals surface area contributed by atoms with Gasteiger partial charge in [0.2, 0.25) is 0 Å². The first-order valence-corrected chi connectivity index (χ1v) is 6.24. The summed E-state index contributed by atoms with van der Waals surface area (Å²) in [5.41, 5.74) is 0. The van der Waals surface area contributed by atoms with Crippen LogP contribution in [0.15, 0.2) is 29.2 Å². The number of nitrogens with one attached hydrogen (secondary N) is 1. The van der Waals surface area contributed by atoms with E-state index in [-0.39, 0.29) is 0 Å². The van der Waals surface area contributed by atoms with Gasteiger partial charge in [0.15, 0.2) is 0 Å². The van der Waals surface area contributed by atoms with Crippen molar-refractivity contribution < 1.29 is 4.42 Å². The molecular weight excluding hydrogens is 198 g/mol. The molecule has 1 rings (SSSR count). The van der Waals surface area contributed by atoms with E-state index in [1.165, 1.54) is 0 Å². The van der Waals surface area contributed by atoms with Crippen LogP contribution in [-0.2, 0) is 6.42 Å². The van der Waals surface area contributed by atoms with Crippen LogP contribution in [0.3, 0.4) is 0 Å². The molecule has 0 aliphatic rings. The van der Waals surface area contributed by atoms with Crippen molar-refractivity contribution in [3.63, 3.8) is 0 Å². The molecule has 1 aromatic rings. The Balaban J connectivity index is 2.57. The van der Waals surface area contributed by atoms with E-state index in [1.807, 2.05) is 6.08 Å². The Labute approximate surface area is 98.7 Å². The molecule has 0 fully saturated rings. The fourth-order valence-corrected chi connectivity index (χ4v) is 1.83. The van der Waals surface area contributed by atoms with Gasteiger partial charge >= 0.3 is 0 Å². The summed E-state index contributed by atoms with van der Waals surface area (Å²) in [5, 5.41) is 3.47. The smallest absolute Gasteiger partial charge is 0.121 e. The average molecular weight is 221 g/mol. The number of allylic oxidation sites excluding steroid dienone is 1. The van der Waals surface area contributed by atoms with Crippen molar-refractivity contribution in [1.82, 2.24) is 5.32 Å². The van der Waals surface area contributed by atoms with Crippen LogP contribution in [0, 0.1) is 0 Å². The average Bonchev–Trinajstić information content (AvgIpc) is 2.76. The number of hydrogen-bond donors (Lipinski definition) is 1. The first-order chi connectivity index (χ1) is 7.81. The van der Waals surface area contributed by atoms with Crippen LogP contribution >= 0.6 is 0 Å². The predicted octanol–water partition coefficient (Wildman–Crippen LogP) is 3.85. The molecule has 0 saturated heterocycles. The van der Waals surface area contributed by atoms with Crippen LogP contribution in [0.4, 0.5) is 0 Å². The van der Waals surface area contributed by atoms with Gasteiger partial charge in [0, 0.05) is 6.42 Å². The maximum absolute atomic E-state index is 5.79. The summed E-state index contributed by atoms with van der Waals surface area (Å²) in [6.45, 7) is 8.97. The first kappa shape index (κ1) is 13.0. The van der Waals surface area contributed by atoms with Gasteiger partial charge in [-0.2, -0.15) is 0 Å². The summed E-state index contributed by atoms with van der Waals surface area (Å²) in [5.74, 6) is 2.14. The fourth-order valence-electron chi connectivity index (χ4n) is 1.83. The van der Waals surface area contributed by atoms with Crippen LogP contribution in [-0.4, -0.2) is 6.54 Å². The molecule has 16 heavy (non-hydrogen) atoms. The van der Waals surface area contributed by atoms with Crippen molar-refractivity contribution >= 4 is 0 Å². The molecule has 1 N–H and O–H groups in total. The Morgan fingerprint density at radius 3 is 2.81 bits per heavy atom. The lowest BCUT2D eigenvalue weighted by Crippen LogP contribution is -2.20. The normalized spacial score (nSPS) is 12.6. The molecule has 1 atom stereocenters. The Morgan fingerprint density at radius 1 is 1.44 bits per heavy atom. The van der Waals surface area contributed by atoms with Gasteiger partial charge in [-0.15, -0.1) is 6.58 Å². The van der Waals surface area contributed by atoms with Gasteiger partial charge in [-0.05, 0) is 37.9 Å². The highest BCUT2D eigenvalue weighted by atomic mass is 16.3. The van der Waals surface area contributed by atoms with Crippen LogP contribution in [0.1, 0.15) is 50.7 Å². The molecule has 1 heterocycles. The monoisotopic (exact) mass is 221 g/mol. The van der Waals surface area contributed by atoms with Crippen LogP contribution in [0.25, 0.3) is 0 Å². The molecule has 90 valence electrons. The fraction of sp³-hybridized carbons (Fsp3) is 0.571. The summed E-state index contributed by atoms with van der Waals surface area (Å²) in [6, 6.07) is 4.53. The van der Waals surface area contributed by atoms with Gasteiger partial charge in [-0.1, -0.05) is 19.9 Å². The molecule has 0 radical (unpaired) electrons. The molecule has 1 unspecified atom stereocenters. The standard InChI is InChI=1S/C14H23NO/c1-4-7-8-9-13(15-6-3)14-11-10-12(5-2)16-14/h4,10-11,13,15H,1,5-9H2,2-3H3. The highest BCUT2D eigenvalue weighted by Gasteiger charge is 2.13. The van der Waals surface area contributed by atoms with Crippen LogP contribution < -0.4 is 5.32 Å². The third-order valence-corrected chi connectivity index (χ3v) is 2.73. The highest BCUT2D eigenvalue weighted by Crippen LogP contribution is 2.22. The Hall–Kier alpha value is -1.02. The number of aryl methyl sites for hydroxylation is 1. The Kier molecular flexibility index (Phi) is 5.94. The van der Waals surface area contributed by atoms with Crippen LogP contribution in [0.2, 0.25) is 0 Å². The van der Waals surface area contributed by atoms with E-state index in [4.69, 9.17) is 4.42 Å². The quantitative estimate of drug-likeness (QED) is 0.533. The van der Waals surface area contributed by atoms with E-state index in [2.05, 4.69) is 37.9 Å². The molecule has 0 spiro atoms. The van der Waals surface area contributed by atoms with E-state index in [1.54, 1.807) is 0 Å². The van der Waals surface area contributed by atoms with E-state index < -0.39 is 0 Å². The molecule has 0 saturated carbocycles. The molecule has 0 amide bonds. The Bertz CT molecular complexity index is 303. The van der Waals surface area contributed by atoms with E-state index >= 15 is 0 Å². The zero-order chi connectivity index (χ0) is 11.8. The lowest BCUT2D eigenvalue weighted by molar-refractivity contribution is 0.380. The predicted molar refractivity (Wildman–Crippen MR) is 68.6 cm³/mol. The van der Waals surface area contributed by atoms with E-state index in [0.717, 1.165) is 43.7 Å². The van der Waals surface area contributed by atoms with Crippen molar-refractivity contribution in [3.05, 3.63) is 36.3 Å². The molecule has 2 nitrogen and oxygen atoms in total. The van der Waals surface area contributed by atoms with Gasteiger partial charge in [-0.25, -0.2) is 0 Å². The van der Waals surface area contributed by atoms with E-state index in [9.17, 15) is 0 Å². The highest BCUT2D eigenvalue weighted by molar-refractivity contribution is 5.10. The number of hydrogen-bond acceptors (Lipinski definition) is 2. The molecule has 0 aromatic carbocycles. The van der Waals surface area contributed by atoms with Crippen molar-refractivity contribution in [2.45, 2.75) is 45.6 Å². The molecule has 0 aliphatic carbocycles. The number of rotatable bonds is 8. The zero-order valence-electron chi connectivity index (χ0n) is 10.5. The maximum Gasteiger partial charge on any atom is 0.121 e. The lowest BCUT2D eigenvalue weighted by atomic mass is 10.1. The molecule has 2 heteroatoms. The van der Waals surface area contributed by atoms with E-state index in [0.29, 0.717) is 6.04 Å². The van der Waals surface area contributed by atoms with Gasteiger partial charge in [0.05, 0.1) is 6.04 Å². The third kappa shape index (κ3) is 3.86. The number of furan rings is 1. The lowest BCUT2D eigenvalue weighted by Gasteiger charge is -2.14. The molecule has 0 aliphatic heterocycles. The summed E-state index contributed by atoms with van der Waals surface area (Å²) < 4.78 is 5.79. The molecule has 1 aromatic heterocycles. The van der Waals surface area contributed by atoms with Crippen LogP contribution in [0.5, 0.6) is 0 Å². The minimum Gasteiger partial charge on any atom is -0.464 e. The summed E-state index contributed by atoms with van der Waals surface area (Å²) >= 11 is 0. The zero-order valence-corrected chi connectivity index (χ0v) is 10.5. The molecular formula is C14H23NO. The third-order valence-electron chi connectivity index (χ3n) is 2.73. The van der Waals surface area contributed by atoms with Gasteiger partial charge < -0.3 is 9.73 Å². The summed E-state index contributed by atoms with van der Waals surface area (Å²) in [4.78, 5) is 0. The summed E-state index contributed by atoms with van der Waals surface area (Å²) in [7, 11) is 0. The topological polar surface area (TPSA) is 25.2 Å². The summed E-state index contributed by atoms with van der Waals surface area (Å²) in [6.07, 6.45) is 6.28. The minimum absolute atomic E-state index is 0.352. The van der Waals surface area contributed by atoms with Gasteiger partial charge in [0.1, 0.15) is 11.5 Å². The van der Waals surface area contributed by atoms with Crippen molar-refractivity contribution in [1.29, 1.82) is 0 Å². The minimum atomic E-state index is 0.352. The molecule has 0 bridgehead atoms. The first-order valence-electron chi connectivity index (χ1n) is 6.24. The largest absolute Gasteiger partial charge is 0.464 e. The second-order valence-electron chi connectivity index (χ2n) is 3.99. The number of unbranched alkanes of at least 4 members (excludes halogenated alkanes) is 1. The van der Waals surface area contributed by atoms with Crippen molar-refractivity contribution in [2.24, 2.45) is 0 Å². The SMILES string of the molecule is C=CCCCC(NCC)c1ccc(CC)o1. The second-order valence-corrected chi connectivity index (χ2v) is 3.99. The maximum atomic E-state index is 5.79. The van der Waals surface area contributed by atoms with Gasteiger partial charge in [-0.3, -0.25) is 0 Å². The Morgan fingerprint density at radius 2 is 2.25 bits per heavy atom. The van der Waals surface area contributed by atoms with Gasteiger partial charge in [0.25, 0.3) is 0 Å². The van der Waals surface area contributed by atoms with Crippen molar-refractivity contribution in [2.75, 3.05) is 6.54 Å². The second kappa shape index (κ2) is 7.29. The van der Waals surface area contributed by atoms with Crippen molar-refractivity contribution in [3.8, 4) is 0 Å².